The van der Waals surface area contributed by atoms with E-state index in [1.807, 2.05) is 6.92 Å². The normalized spacial score (nSPS) is 20.3. The molecule has 1 saturated carbocycles. The summed E-state index contributed by atoms with van der Waals surface area (Å²) in [5.41, 5.74) is 4.10. The molecule has 0 aromatic carbocycles. The van der Waals surface area contributed by atoms with E-state index in [-0.39, 0.29) is 0 Å². The lowest BCUT2D eigenvalue weighted by molar-refractivity contribution is 0.0694. The Bertz CT molecular complexity index is 495. The molecule has 3 nitrogen and oxygen atoms in total. The molecule has 3 heteroatoms. The highest BCUT2D eigenvalue weighted by molar-refractivity contribution is 5.91. The smallest absolute Gasteiger partial charge is 0.337 e. The molecule has 0 amide bonds. The van der Waals surface area contributed by atoms with Gasteiger partial charge in [-0.1, -0.05) is 19.3 Å². The van der Waals surface area contributed by atoms with Gasteiger partial charge in [0.25, 0.3) is 0 Å². The van der Waals surface area contributed by atoms with Crippen LogP contribution in [0.5, 0.6) is 0 Å². The molecular formula is C16H23NO2. The maximum atomic E-state index is 11.6. The standard InChI is InChI=1S/C16H23NO2/c1-11-15(16(18)19)13-9-5-6-10-14(13)17(11)12-7-3-2-4-8-12/h12H,2-10H2,1H3,(H,18,19). The molecule has 19 heavy (non-hydrogen) atoms. The first-order chi connectivity index (χ1) is 9.20. The van der Waals surface area contributed by atoms with Crippen LogP contribution >= 0.6 is 0 Å². The summed E-state index contributed by atoms with van der Waals surface area (Å²) in [4.78, 5) is 11.6. The molecule has 2 aliphatic rings. The van der Waals surface area contributed by atoms with Crippen LogP contribution in [0.4, 0.5) is 0 Å². The highest BCUT2D eigenvalue weighted by atomic mass is 16.4. The summed E-state index contributed by atoms with van der Waals surface area (Å²) in [5.74, 6) is -0.731. The highest BCUT2D eigenvalue weighted by Crippen LogP contribution is 2.37. The molecule has 0 aliphatic heterocycles. The van der Waals surface area contributed by atoms with Crippen molar-refractivity contribution in [1.29, 1.82) is 0 Å². The van der Waals surface area contributed by atoms with E-state index in [0.717, 1.165) is 30.5 Å². The summed E-state index contributed by atoms with van der Waals surface area (Å²) >= 11 is 0. The van der Waals surface area contributed by atoms with Crippen LogP contribution in [0.15, 0.2) is 0 Å². The Morgan fingerprint density at radius 2 is 1.79 bits per heavy atom. The zero-order valence-corrected chi connectivity index (χ0v) is 11.7. The van der Waals surface area contributed by atoms with Crippen molar-refractivity contribution >= 4 is 5.97 Å². The Hall–Kier alpha value is -1.25. The van der Waals surface area contributed by atoms with Crippen LogP contribution < -0.4 is 0 Å². The van der Waals surface area contributed by atoms with E-state index in [0.29, 0.717) is 11.6 Å². The molecule has 1 aromatic rings. The summed E-state index contributed by atoms with van der Waals surface area (Å²) < 4.78 is 2.40. The summed E-state index contributed by atoms with van der Waals surface area (Å²) in [7, 11) is 0. The van der Waals surface area contributed by atoms with Crippen LogP contribution in [-0.4, -0.2) is 15.6 Å². The number of hydrogen-bond acceptors (Lipinski definition) is 1. The molecule has 0 atom stereocenters. The third-order valence-corrected chi connectivity index (χ3v) is 4.91. The SMILES string of the molecule is Cc1c(C(=O)O)c2c(n1C1CCCCC1)CCCC2. The first kappa shape index (κ1) is 12.8. The molecule has 1 fully saturated rings. The third-order valence-electron chi connectivity index (χ3n) is 4.91. The van der Waals surface area contributed by atoms with Gasteiger partial charge in [-0.25, -0.2) is 4.79 Å². The second-order valence-electron chi connectivity index (χ2n) is 6.06. The summed E-state index contributed by atoms with van der Waals surface area (Å²) in [6.45, 7) is 2.01. The third kappa shape index (κ3) is 2.09. The molecule has 1 aromatic heterocycles. The molecule has 0 saturated heterocycles. The molecule has 0 radical (unpaired) electrons. The number of aromatic nitrogens is 1. The fraction of sp³-hybridized carbons (Fsp3) is 0.688. The zero-order valence-electron chi connectivity index (χ0n) is 11.7. The van der Waals surface area contributed by atoms with E-state index >= 15 is 0 Å². The van der Waals surface area contributed by atoms with E-state index < -0.39 is 5.97 Å². The minimum Gasteiger partial charge on any atom is -0.478 e. The number of aromatic carboxylic acids is 1. The summed E-state index contributed by atoms with van der Waals surface area (Å²) in [5, 5.41) is 9.52. The van der Waals surface area contributed by atoms with E-state index in [9.17, 15) is 9.90 Å². The fourth-order valence-electron chi connectivity index (χ4n) is 4.08. The minimum atomic E-state index is -0.731. The quantitative estimate of drug-likeness (QED) is 0.877. The average molecular weight is 261 g/mol. The maximum absolute atomic E-state index is 11.6. The predicted molar refractivity (Wildman–Crippen MR) is 74.9 cm³/mol. The molecule has 1 N–H and O–H groups in total. The number of fused-ring (bicyclic) bond motifs is 1. The Kier molecular flexibility index (Phi) is 3.38. The monoisotopic (exact) mass is 261 g/mol. The Morgan fingerprint density at radius 3 is 2.47 bits per heavy atom. The van der Waals surface area contributed by atoms with E-state index in [1.54, 1.807) is 0 Å². The van der Waals surface area contributed by atoms with Crippen molar-refractivity contribution in [3.63, 3.8) is 0 Å². The molecular weight excluding hydrogens is 238 g/mol. The van der Waals surface area contributed by atoms with Crippen molar-refractivity contribution in [2.45, 2.75) is 70.8 Å². The molecule has 0 bridgehead atoms. The van der Waals surface area contributed by atoms with Crippen molar-refractivity contribution in [1.82, 2.24) is 4.57 Å². The van der Waals surface area contributed by atoms with Crippen molar-refractivity contribution in [2.24, 2.45) is 0 Å². The van der Waals surface area contributed by atoms with E-state index in [2.05, 4.69) is 4.57 Å². The van der Waals surface area contributed by atoms with Crippen LogP contribution in [-0.2, 0) is 12.8 Å². The summed E-state index contributed by atoms with van der Waals surface area (Å²) in [6, 6.07) is 0.550. The average Bonchev–Trinajstić information content (AvgIpc) is 2.71. The van der Waals surface area contributed by atoms with Crippen molar-refractivity contribution in [3.05, 3.63) is 22.5 Å². The Morgan fingerprint density at radius 1 is 1.11 bits per heavy atom. The van der Waals surface area contributed by atoms with Gasteiger partial charge in [-0.2, -0.15) is 0 Å². The van der Waals surface area contributed by atoms with Gasteiger partial charge in [-0.15, -0.1) is 0 Å². The van der Waals surface area contributed by atoms with Crippen molar-refractivity contribution in [3.8, 4) is 0 Å². The van der Waals surface area contributed by atoms with Crippen molar-refractivity contribution < 1.29 is 9.90 Å². The number of rotatable bonds is 2. The van der Waals surface area contributed by atoms with Gasteiger partial charge in [0, 0.05) is 17.4 Å². The van der Waals surface area contributed by atoms with Crippen molar-refractivity contribution in [2.75, 3.05) is 0 Å². The van der Waals surface area contributed by atoms with E-state index in [4.69, 9.17) is 0 Å². The fourth-order valence-corrected chi connectivity index (χ4v) is 4.08. The maximum Gasteiger partial charge on any atom is 0.337 e. The minimum absolute atomic E-state index is 0.550. The van der Waals surface area contributed by atoms with Gasteiger partial charge in [0.05, 0.1) is 5.56 Å². The number of hydrogen-bond donors (Lipinski definition) is 1. The van der Waals surface area contributed by atoms with Crippen LogP contribution in [0.25, 0.3) is 0 Å². The van der Waals surface area contributed by atoms with Gasteiger partial charge in [-0.3, -0.25) is 0 Å². The molecule has 0 spiro atoms. The molecule has 104 valence electrons. The van der Waals surface area contributed by atoms with Crippen LogP contribution in [0, 0.1) is 6.92 Å². The lowest BCUT2D eigenvalue weighted by Crippen LogP contribution is -2.18. The lowest BCUT2D eigenvalue weighted by Gasteiger charge is -2.28. The number of carboxylic acids is 1. The van der Waals surface area contributed by atoms with Gasteiger partial charge >= 0.3 is 5.97 Å². The van der Waals surface area contributed by atoms with Gasteiger partial charge in [-0.05, 0) is 51.0 Å². The second kappa shape index (κ2) is 5.03. The molecule has 2 aliphatic carbocycles. The van der Waals surface area contributed by atoms with Gasteiger partial charge in [0.2, 0.25) is 0 Å². The first-order valence-corrected chi connectivity index (χ1v) is 7.66. The van der Waals surface area contributed by atoms with Gasteiger partial charge in [0.15, 0.2) is 0 Å². The Balaban J connectivity index is 2.09. The molecule has 0 unspecified atom stereocenters. The van der Waals surface area contributed by atoms with Crippen LogP contribution in [0.3, 0.4) is 0 Å². The largest absolute Gasteiger partial charge is 0.478 e. The second-order valence-corrected chi connectivity index (χ2v) is 6.06. The number of carboxylic acid groups (broad SMARTS) is 1. The van der Waals surface area contributed by atoms with Gasteiger partial charge in [0.1, 0.15) is 0 Å². The van der Waals surface area contributed by atoms with Crippen LogP contribution in [0.2, 0.25) is 0 Å². The number of carbonyl (C=O) groups is 1. The first-order valence-electron chi connectivity index (χ1n) is 7.66. The van der Waals surface area contributed by atoms with Crippen LogP contribution in [0.1, 0.15) is 78.3 Å². The topological polar surface area (TPSA) is 42.2 Å². The van der Waals surface area contributed by atoms with E-state index in [1.165, 1.54) is 44.2 Å². The predicted octanol–water partition coefficient (Wildman–Crippen LogP) is 3.88. The lowest BCUT2D eigenvalue weighted by atomic mass is 9.93. The van der Waals surface area contributed by atoms with Gasteiger partial charge < -0.3 is 9.67 Å². The highest BCUT2D eigenvalue weighted by Gasteiger charge is 2.29. The molecule has 3 rings (SSSR count). The Labute approximate surface area is 114 Å². The zero-order chi connectivity index (χ0) is 13.4. The molecule has 1 heterocycles. The summed E-state index contributed by atoms with van der Waals surface area (Å²) in [6.07, 6.45) is 10.7. The number of nitrogens with zero attached hydrogens (tertiary/aromatic N) is 1.